The molecule has 2 aromatic rings. The number of aliphatic imine (C=N–C) groups is 1. The summed E-state index contributed by atoms with van der Waals surface area (Å²) in [6, 6.07) is 17.0. The highest BCUT2D eigenvalue weighted by molar-refractivity contribution is 5.99. The second kappa shape index (κ2) is 6.13. The molecule has 4 nitrogen and oxygen atoms in total. The van der Waals surface area contributed by atoms with Gasteiger partial charge in [-0.15, -0.1) is 0 Å². The number of nitrogens with zero attached hydrogens (tertiary/aromatic N) is 3. The van der Waals surface area contributed by atoms with Gasteiger partial charge in [-0.3, -0.25) is 0 Å². The van der Waals surface area contributed by atoms with Gasteiger partial charge in [-0.25, -0.2) is 4.99 Å². The Morgan fingerprint density at radius 2 is 1.72 bits per heavy atom. The molecule has 0 aromatic heterocycles. The SMILES string of the molecule is Cc1cc(C)cc(CN2C=CN3C(c4ccccc4)=CC(N)=NC23)c1. The van der Waals surface area contributed by atoms with Crippen LogP contribution in [0.2, 0.25) is 0 Å². The van der Waals surface area contributed by atoms with Crippen LogP contribution in [0, 0.1) is 13.8 Å². The van der Waals surface area contributed by atoms with Crippen molar-refractivity contribution < 1.29 is 0 Å². The molecule has 2 heterocycles. The Morgan fingerprint density at radius 1 is 1.00 bits per heavy atom. The van der Waals surface area contributed by atoms with Gasteiger partial charge in [0.15, 0.2) is 0 Å². The fourth-order valence-electron chi connectivity index (χ4n) is 3.54. The third kappa shape index (κ3) is 3.03. The van der Waals surface area contributed by atoms with Crippen molar-refractivity contribution >= 4 is 11.5 Å². The Hall–Kier alpha value is -3.01. The summed E-state index contributed by atoms with van der Waals surface area (Å²) in [5.41, 5.74) is 12.2. The number of rotatable bonds is 3. The minimum Gasteiger partial charge on any atom is -0.384 e. The normalized spacial score (nSPS) is 18.9. The number of amidine groups is 1. The summed E-state index contributed by atoms with van der Waals surface area (Å²) in [5, 5.41) is 0. The lowest BCUT2D eigenvalue weighted by molar-refractivity contribution is 0.201. The maximum atomic E-state index is 6.11. The third-order valence-corrected chi connectivity index (χ3v) is 4.51. The fourth-order valence-corrected chi connectivity index (χ4v) is 3.54. The molecule has 0 fully saturated rings. The number of benzene rings is 2. The topological polar surface area (TPSA) is 44.9 Å². The molecular weight excluding hydrogens is 308 g/mol. The molecule has 2 aliphatic heterocycles. The van der Waals surface area contributed by atoms with Crippen LogP contribution in [-0.2, 0) is 6.54 Å². The predicted molar refractivity (Wildman–Crippen MR) is 102 cm³/mol. The summed E-state index contributed by atoms with van der Waals surface area (Å²) in [4.78, 5) is 9.04. The average molecular weight is 330 g/mol. The molecule has 4 heteroatoms. The molecular formula is C21H22N4. The molecule has 0 saturated carbocycles. The molecule has 0 aliphatic carbocycles. The number of nitrogens with two attached hydrogens (primary N) is 1. The first-order valence-electron chi connectivity index (χ1n) is 8.50. The van der Waals surface area contributed by atoms with E-state index in [-0.39, 0.29) is 6.29 Å². The van der Waals surface area contributed by atoms with Crippen LogP contribution in [0.1, 0.15) is 22.3 Å². The zero-order valence-corrected chi connectivity index (χ0v) is 14.6. The van der Waals surface area contributed by atoms with Crippen LogP contribution in [0.3, 0.4) is 0 Å². The maximum Gasteiger partial charge on any atom is 0.205 e. The van der Waals surface area contributed by atoms with Crippen molar-refractivity contribution in [2.75, 3.05) is 0 Å². The first-order chi connectivity index (χ1) is 12.1. The highest BCUT2D eigenvalue weighted by Crippen LogP contribution is 2.32. The van der Waals surface area contributed by atoms with E-state index in [1.54, 1.807) is 0 Å². The highest BCUT2D eigenvalue weighted by Gasteiger charge is 2.31. The molecule has 2 N–H and O–H groups in total. The molecule has 2 aromatic carbocycles. The van der Waals surface area contributed by atoms with Gasteiger partial charge in [0.2, 0.25) is 6.29 Å². The van der Waals surface area contributed by atoms with E-state index in [0.29, 0.717) is 5.84 Å². The van der Waals surface area contributed by atoms with Crippen LogP contribution < -0.4 is 5.73 Å². The summed E-state index contributed by atoms with van der Waals surface area (Å²) in [5.74, 6) is 0.564. The van der Waals surface area contributed by atoms with Gasteiger partial charge in [0.25, 0.3) is 0 Å². The van der Waals surface area contributed by atoms with Gasteiger partial charge < -0.3 is 15.5 Å². The molecule has 0 amide bonds. The molecule has 0 radical (unpaired) electrons. The lowest BCUT2D eigenvalue weighted by Gasteiger charge is -2.34. The highest BCUT2D eigenvalue weighted by atomic mass is 15.5. The van der Waals surface area contributed by atoms with Gasteiger partial charge in [0.1, 0.15) is 5.84 Å². The number of aryl methyl sites for hydroxylation is 2. The number of hydrogen-bond donors (Lipinski definition) is 1. The van der Waals surface area contributed by atoms with Gasteiger partial charge in [0, 0.05) is 25.0 Å². The largest absolute Gasteiger partial charge is 0.384 e. The molecule has 0 saturated heterocycles. The molecule has 1 unspecified atom stereocenters. The van der Waals surface area contributed by atoms with Gasteiger partial charge in [-0.1, -0.05) is 59.7 Å². The average Bonchev–Trinajstić information content (AvgIpc) is 2.97. The molecule has 2 aliphatic rings. The Kier molecular flexibility index (Phi) is 3.80. The predicted octanol–water partition coefficient (Wildman–Crippen LogP) is 3.59. The zero-order valence-electron chi connectivity index (χ0n) is 14.6. The quantitative estimate of drug-likeness (QED) is 0.935. The van der Waals surface area contributed by atoms with E-state index in [9.17, 15) is 0 Å². The van der Waals surface area contributed by atoms with Crippen molar-refractivity contribution in [2.45, 2.75) is 26.7 Å². The van der Waals surface area contributed by atoms with Crippen molar-refractivity contribution in [1.29, 1.82) is 0 Å². The Labute approximate surface area is 148 Å². The van der Waals surface area contributed by atoms with E-state index in [1.807, 2.05) is 24.3 Å². The molecule has 0 spiro atoms. The minimum absolute atomic E-state index is 0.124. The first kappa shape index (κ1) is 15.5. The molecule has 4 rings (SSSR count). The van der Waals surface area contributed by atoms with E-state index in [4.69, 9.17) is 5.73 Å². The second-order valence-electron chi connectivity index (χ2n) is 6.67. The van der Waals surface area contributed by atoms with Crippen LogP contribution in [-0.4, -0.2) is 21.9 Å². The van der Waals surface area contributed by atoms with E-state index >= 15 is 0 Å². The second-order valence-corrected chi connectivity index (χ2v) is 6.67. The van der Waals surface area contributed by atoms with Crippen molar-refractivity contribution in [1.82, 2.24) is 9.80 Å². The van der Waals surface area contributed by atoms with E-state index in [2.05, 4.69) is 71.4 Å². The zero-order chi connectivity index (χ0) is 17.4. The summed E-state index contributed by atoms with van der Waals surface area (Å²) in [6.07, 6.45) is 6.00. The van der Waals surface area contributed by atoms with Crippen molar-refractivity contribution in [3.8, 4) is 0 Å². The Balaban J connectivity index is 1.61. The van der Waals surface area contributed by atoms with Crippen LogP contribution in [0.25, 0.3) is 5.70 Å². The third-order valence-electron chi connectivity index (χ3n) is 4.51. The Morgan fingerprint density at radius 3 is 2.44 bits per heavy atom. The van der Waals surface area contributed by atoms with Crippen molar-refractivity contribution in [2.24, 2.45) is 10.7 Å². The number of fused-ring (bicyclic) bond motifs is 1. The van der Waals surface area contributed by atoms with Crippen LogP contribution in [0.4, 0.5) is 0 Å². The summed E-state index contributed by atoms with van der Waals surface area (Å²) < 4.78 is 0. The van der Waals surface area contributed by atoms with Crippen LogP contribution in [0.5, 0.6) is 0 Å². The number of hydrogen-bond acceptors (Lipinski definition) is 4. The van der Waals surface area contributed by atoms with Crippen molar-refractivity contribution in [3.05, 3.63) is 89.3 Å². The summed E-state index contributed by atoms with van der Waals surface area (Å²) >= 11 is 0. The van der Waals surface area contributed by atoms with Gasteiger partial charge in [0.05, 0.1) is 5.70 Å². The first-order valence-corrected chi connectivity index (χ1v) is 8.50. The molecule has 0 bridgehead atoms. The van der Waals surface area contributed by atoms with Crippen LogP contribution >= 0.6 is 0 Å². The van der Waals surface area contributed by atoms with Gasteiger partial charge in [-0.2, -0.15) is 0 Å². The molecule has 1 atom stereocenters. The Bertz CT molecular complexity index is 860. The molecule has 25 heavy (non-hydrogen) atoms. The molecule has 126 valence electrons. The van der Waals surface area contributed by atoms with Crippen molar-refractivity contribution in [3.63, 3.8) is 0 Å². The fraction of sp³-hybridized carbons (Fsp3) is 0.190. The summed E-state index contributed by atoms with van der Waals surface area (Å²) in [6.45, 7) is 5.07. The van der Waals surface area contributed by atoms with Gasteiger partial charge >= 0.3 is 0 Å². The van der Waals surface area contributed by atoms with Gasteiger partial charge in [-0.05, 0) is 25.0 Å². The van der Waals surface area contributed by atoms with E-state index < -0.39 is 0 Å². The lowest BCUT2D eigenvalue weighted by Crippen LogP contribution is -2.40. The lowest BCUT2D eigenvalue weighted by atomic mass is 10.1. The monoisotopic (exact) mass is 330 g/mol. The smallest absolute Gasteiger partial charge is 0.205 e. The van der Waals surface area contributed by atoms with E-state index in [1.165, 1.54) is 16.7 Å². The van der Waals surface area contributed by atoms with Crippen LogP contribution in [0.15, 0.2) is 72.0 Å². The standard InChI is InChI=1S/C21H22N4/c1-15-10-16(2)12-17(11-15)14-24-8-9-25-19(13-20(22)23-21(24)25)18-6-4-3-5-7-18/h3-13,21H,14H2,1-2H3,(H2,22,23). The minimum atomic E-state index is -0.124. The summed E-state index contributed by atoms with van der Waals surface area (Å²) in [7, 11) is 0. The van der Waals surface area contributed by atoms with E-state index in [0.717, 1.165) is 17.8 Å². The maximum absolute atomic E-state index is 6.11.